The number of carbonyl (C=O) groups is 2. The maximum Gasteiger partial charge on any atom is 0.325 e. The Bertz CT molecular complexity index is 791. The van der Waals surface area contributed by atoms with Gasteiger partial charge in [-0.15, -0.1) is 5.06 Å². The Labute approximate surface area is 182 Å². The number of hydroxylamine groups is 2. The van der Waals surface area contributed by atoms with E-state index in [2.05, 4.69) is 17.4 Å². The number of hydrogen-bond acceptors (Lipinski definition) is 7. The zero-order chi connectivity index (χ0) is 21.8. The molecule has 1 aromatic rings. The number of carbonyl (C=O) groups excluding carboxylic acids is 1. The molecule has 0 bridgehead atoms. The summed E-state index contributed by atoms with van der Waals surface area (Å²) in [6.07, 6.45) is 8.11. The minimum absolute atomic E-state index is 0.0409. The Morgan fingerprint density at radius 3 is 2.77 bits per heavy atom. The first-order valence-corrected chi connectivity index (χ1v) is 11.6. The first kappa shape index (κ1) is 22.0. The summed E-state index contributed by atoms with van der Waals surface area (Å²) in [5.74, 6) is 0.410. The van der Waals surface area contributed by atoms with Crippen LogP contribution < -0.4 is 5.32 Å². The van der Waals surface area contributed by atoms with Gasteiger partial charge in [0.25, 0.3) is 0 Å². The molecule has 0 radical (unpaired) electrons. The van der Waals surface area contributed by atoms with E-state index in [1.165, 1.54) is 10.6 Å². The predicted octanol–water partition coefficient (Wildman–Crippen LogP) is 2.55. The summed E-state index contributed by atoms with van der Waals surface area (Å²) in [6.45, 7) is 0.712. The molecular formula is C23H33N3O5. The molecule has 31 heavy (non-hydrogen) atoms. The van der Waals surface area contributed by atoms with Crippen LogP contribution in [0.4, 0.5) is 5.82 Å². The second kappa shape index (κ2) is 9.96. The fourth-order valence-corrected chi connectivity index (χ4v) is 4.59. The van der Waals surface area contributed by atoms with Crippen LogP contribution in [0.3, 0.4) is 0 Å². The number of aliphatic carboxylic acids is 1. The van der Waals surface area contributed by atoms with Crippen LogP contribution in [0.15, 0.2) is 12.1 Å². The van der Waals surface area contributed by atoms with Gasteiger partial charge in [0.2, 0.25) is 0 Å². The van der Waals surface area contributed by atoms with Crippen molar-refractivity contribution in [2.45, 2.75) is 76.3 Å². The number of fused-ring (bicyclic) bond motifs is 1. The van der Waals surface area contributed by atoms with Crippen LogP contribution in [-0.4, -0.2) is 57.4 Å². The lowest BCUT2D eigenvalue weighted by Gasteiger charge is -2.43. The molecule has 1 aliphatic heterocycles. The van der Waals surface area contributed by atoms with Crippen molar-refractivity contribution in [1.82, 2.24) is 10.0 Å². The van der Waals surface area contributed by atoms with E-state index in [-0.39, 0.29) is 25.0 Å². The Morgan fingerprint density at radius 1 is 1.26 bits per heavy atom. The topological polar surface area (TPSA) is 112 Å². The zero-order valence-electron chi connectivity index (χ0n) is 18.0. The van der Waals surface area contributed by atoms with Crippen molar-refractivity contribution >= 4 is 17.8 Å². The summed E-state index contributed by atoms with van der Waals surface area (Å²) in [5.41, 5.74) is 2.36. The van der Waals surface area contributed by atoms with E-state index < -0.39 is 12.0 Å². The van der Waals surface area contributed by atoms with Crippen LogP contribution in [-0.2, 0) is 27.3 Å². The number of aromatic nitrogens is 1. The molecule has 0 amide bonds. The monoisotopic (exact) mass is 431 g/mol. The smallest absolute Gasteiger partial charge is 0.325 e. The van der Waals surface area contributed by atoms with Crippen molar-refractivity contribution in [3.63, 3.8) is 0 Å². The molecule has 0 spiro atoms. The molecule has 2 heterocycles. The van der Waals surface area contributed by atoms with Crippen LogP contribution in [0.2, 0.25) is 0 Å². The van der Waals surface area contributed by atoms with Gasteiger partial charge in [-0.1, -0.05) is 6.07 Å². The average molecular weight is 432 g/mol. The van der Waals surface area contributed by atoms with Crippen LogP contribution in [0.1, 0.15) is 62.6 Å². The Balaban J connectivity index is 1.30. The highest BCUT2D eigenvalue weighted by Gasteiger charge is 2.42. The van der Waals surface area contributed by atoms with E-state index in [4.69, 9.17) is 9.82 Å². The quantitative estimate of drug-likeness (QED) is 0.458. The molecular weight excluding hydrogens is 398 g/mol. The molecule has 0 unspecified atom stereocenters. The minimum atomic E-state index is -1.07. The van der Waals surface area contributed by atoms with Crippen molar-refractivity contribution in [1.29, 1.82) is 0 Å². The second-order valence-corrected chi connectivity index (χ2v) is 9.21. The van der Waals surface area contributed by atoms with E-state index in [1.54, 1.807) is 0 Å². The third kappa shape index (κ3) is 5.74. The zero-order valence-corrected chi connectivity index (χ0v) is 18.0. The minimum Gasteiger partial charge on any atom is -0.480 e. The van der Waals surface area contributed by atoms with E-state index in [0.717, 1.165) is 69.4 Å². The molecule has 4 rings (SSSR count). The van der Waals surface area contributed by atoms with E-state index >= 15 is 0 Å². The standard InChI is InChI=1S/C23H33N3O5/c27-11-9-20(23(29)30)26(31-21(28)14-15-3-4-15)19-12-16(13-19)5-7-18-8-6-17-2-1-10-24-22(17)25-18/h6,8,15-16,19-20,27H,1-5,7,9-14H2,(H,24,25)(H,29,30)/t16?,19?,20-/m0/s1. The highest BCUT2D eigenvalue weighted by atomic mass is 16.7. The van der Waals surface area contributed by atoms with Crippen molar-refractivity contribution < 1.29 is 24.6 Å². The van der Waals surface area contributed by atoms with Gasteiger partial charge in [0, 0.05) is 24.9 Å². The summed E-state index contributed by atoms with van der Waals surface area (Å²) >= 11 is 0. The number of pyridine rings is 1. The van der Waals surface area contributed by atoms with Crippen LogP contribution in [0.5, 0.6) is 0 Å². The van der Waals surface area contributed by atoms with Gasteiger partial charge in [-0.25, -0.2) is 4.98 Å². The van der Waals surface area contributed by atoms with Gasteiger partial charge in [-0.05, 0) is 81.3 Å². The molecule has 170 valence electrons. The molecule has 0 aromatic carbocycles. The molecule has 3 aliphatic rings. The Kier molecular flexibility index (Phi) is 7.07. The summed E-state index contributed by atoms with van der Waals surface area (Å²) in [4.78, 5) is 34.3. The molecule has 1 aromatic heterocycles. The molecule has 2 aliphatic carbocycles. The summed E-state index contributed by atoms with van der Waals surface area (Å²) < 4.78 is 0. The number of aliphatic hydroxyl groups excluding tert-OH is 1. The Hall–Kier alpha value is -2.19. The largest absolute Gasteiger partial charge is 0.480 e. The van der Waals surface area contributed by atoms with Gasteiger partial charge in [0.15, 0.2) is 0 Å². The fourth-order valence-electron chi connectivity index (χ4n) is 4.59. The number of aliphatic hydroxyl groups is 1. The first-order valence-electron chi connectivity index (χ1n) is 11.6. The van der Waals surface area contributed by atoms with Crippen LogP contribution in [0, 0.1) is 11.8 Å². The third-order valence-corrected chi connectivity index (χ3v) is 6.69. The van der Waals surface area contributed by atoms with Gasteiger partial charge in [0.1, 0.15) is 11.9 Å². The lowest BCUT2D eigenvalue weighted by atomic mass is 9.76. The van der Waals surface area contributed by atoms with Crippen molar-refractivity contribution in [3.8, 4) is 0 Å². The molecule has 0 saturated heterocycles. The van der Waals surface area contributed by atoms with Crippen LogP contribution in [0.25, 0.3) is 0 Å². The maximum atomic E-state index is 12.3. The lowest BCUT2D eigenvalue weighted by Crippen LogP contribution is -2.53. The SMILES string of the molecule is O=C(CC1CC1)ON(C1CC(CCc2ccc3c(n2)NCCC3)C1)[C@@H](CCO)C(=O)O. The molecule has 3 N–H and O–H groups in total. The highest BCUT2D eigenvalue weighted by molar-refractivity contribution is 5.74. The summed E-state index contributed by atoms with van der Waals surface area (Å²) in [5, 5.41) is 23.6. The number of carboxylic acid groups (broad SMARTS) is 1. The Morgan fingerprint density at radius 2 is 2.06 bits per heavy atom. The van der Waals surface area contributed by atoms with Crippen molar-refractivity contribution in [2.75, 3.05) is 18.5 Å². The summed E-state index contributed by atoms with van der Waals surface area (Å²) in [7, 11) is 0. The van der Waals surface area contributed by atoms with E-state index in [1.807, 2.05) is 0 Å². The number of aryl methyl sites for hydroxylation is 2. The third-order valence-electron chi connectivity index (χ3n) is 6.69. The lowest BCUT2D eigenvalue weighted by molar-refractivity contribution is -0.234. The molecule has 1 atom stereocenters. The normalized spacial score (nSPS) is 23.4. The van der Waals surface area contributed by atoms with Gasteiger partial charge >= 0.3 is 11.9 Å². The van der Waals surface area contributed by atoms with E-state index in [0.29, 0.717) is 18.3 Å². The number of anilines is 1. The van der Waals surface area contributed by atoms with Crippen molar-refractivity contribution in [3.05, 3.63) is 23.4 Å². The summed E-state index contributed by atoms with van der Waals surface area (Å²) in [6, 6.07) is 3.16. The number of nitrogens with one attached hydrogen (secondary N) is 1. The van der Waals surface area contributed by atoms with Gasteiger partial charge in [-0.3, -0.25) is 9.59 Å². The van der Waals surface area contributed by atoms with Gasteiger partial charge in [-0.2, -0.15) is 0 Å². The van der Waals surface area contributed by atoms with E-state index in [9.17, 15) is 19.8 Å². The predicted molar refractivity (Wildman–Crippen MR) is 114 cm³/mol. The molecule has 8 heteroatoms. The second-order valence-electron chi connectivity index (χ2n) is 9.21. The number of hydrogen-bond donors (Lipinski definition) is 3. The van der Waals surface area contributed by atoms with Gasteiger partial charge < -0.3 is 20.4 Å². The first-order chi connectivity index (χ1) is 15.0. The molecule has 2 fully saturated rings. The number of carboxylic acids is 1. The van der Waals surface area contributed by atoms with Gasteiger partial charge in [0.05, 0.1) is 6.42 Å². The molecule has 2 saturated carbocycles. The molecule has 8 nitrogen and oxygen atoms in total. The van der Waals surface area contributed by atoms with Crippen molar-refractivity contribution in [2.24, 2.45) is 11.8 Å². The highest BCUT2D eigenvalue weighted by Crippen LogP contribution is 2.38. The number of nitrogens with zero attached hydrogens (tertiary/aromatic N) is 2. The van der Waals surface area contributed by atoms with Crippen LogP contribution >= 0.6 is 0 Å². The average Bonchev–Trinajstić information content (AvgIpc) is 3.53. The fraction of sp³-hybridized carbons (Fsp3) is 0.696. The maximum absolute atomic E-state index is 12.3. The number of rotatable bonds is 11.